The van der Waals surface area contributed by atoms with Crippen molar-refractivity contribution < 1.29 is 4.42 Å². The van der Waals surface area contributed by atoms with E-state index in [1.165, 1.54) is 19.3 Å². The van der Waals surface area contributed by atoms with Crippen molar-refractivity contribution in [1.29, 1.82) is 0 Å². The first kappa shape index (κ1) is 15.4. The van der Waals surface area contributed by atoms with Crippen LogP contribution in [0, 0.1) is 5.92 Å². The van der Waals surface area contributed by atoms with Gasteiger partial charge >= 0.3 is 0 Å². The highest BCUT2D eigenvalue weighted by atomic mass is 16.4. The van der Waals surface area contributed by atoms with Crippen molar-refractivity contribution in [1.82, 2.24) is 20.4 Å². The van der Waals surface area contributed by atoms with E-state index >= 15 is 0 Å². The summed E-state index contributed by atoms with van der Waals surface area (Å²) in [7, 11) is 0. The Bertz CT molecular complexity index is 391. The van der Waals surface area contributed by atoms with Crippen molar-refractivity contribution >= 4 is 0 Å². The molecule has 2 rings (SSSR count). The third-order valence-corrected chi connectivity index (χ3v) is 3.83. The summed E-state index contributed by atoms with van der Waals surface area (Å²) in [6.07, 6.45) is 4.68. The molecule has 0 amide bonds. The van der Waals surface area contributed by atoms with Gasteiger partial charge in [-0.3, -0.25) is 4.90 Å². The Labute approximate surface area is 122 Å². The van der Waals surface area contributed by atoms with Crippen molar-refractivity contribution in [3.8, 4) is 0 Å². The molecule has 1 aliphatic rings. The predicted octanol–water partition coefficient (Wildman–Crippen LogP) is 2.23. The van der Waals surface area contributed by atoms with Crippen LogP contribution >= 0.6 is 0 Å². The molecule has 5 heteroatoms. The van der Waals surface area contributed by atoms with E-state index in [0.717, 1.165) is 44.4 Å². The van der Waals surface area contributed by atoms with Crippen LogP contribution in [0.25, 0.3) is 0 Å². The van der Waals surface area contributed by atoms with Crippen molar-refractivity contribution in [2.45, 2.75) is 59.0 Å². The Morgan fingerprint density at radius 1 is 1.30 bits per heavy atom. The predicted molar refractivity (Wildman–Crippen MR) is 79.4 cm³/mol. The summed E-state index contributed by atoms with van der Waals surface area (Å²) in [6.45, 7) is 10.6. The molecular formula is C15H28N4O. The van der Waals surface area contributed by atoms with Crippen molar-refractivity contribution in [3.05, 3.63) is 11.8 Å². The zero-order valence-corrected chi connectivity index (χ0v) is 13.1. The minimum Gasteiger partial charge on any atom is -0.424 e. The van der Waals surface area contributed by atoms with E-state index in [2.05, 4.69) is 34.3 Å². The molecule has 1 aromatic rings. The Hall–Kier alpha value is -0.940. The third kappa shape index (κ3) is 4.56. The van der Waals surface area contributed by atoms with Crippen LogP contribution in [0.3, 0.4) is 0 Å². The lowest BCUT2D eigenvalue weighted by Crippen LogP contribution is -2.45. The first-order chi connectivity index (χ1) is 9.69. The monoisotopic (exact) mass is 280 g/mol. The summed E-state index contributed by atoms with van der Waals surface area (Å²) >= 11 is 0. The van der Waals surface area contributed by atoms with Gasteiger partial charge in [-0.1, -0.05) is 27.2 Å². The van der Waals surface area contributed by atoms with Crippen molar-refractivity contribution in [3.63, 3.8) is 0 Å². The molecule has 0 radical (unpaired) electrons. The molecule has 114 valence electrons. The topological polar surface area (TPSA) is 54.2 Å². The van der Waals surface area contributed by atoms with Gasteiger partial charge in [-0.05, 0) is 31.8 Å². The van der Waals surface area contributed by atoms with E-state index in [1.54, 1.807) is 0 Å². The second-order valence-electron chi connectivity index (χ2n) is 6.12. The van der Waals surface area contributed by atoms with Crippen LogP contribution < -0.4 is 5.32 Å². The van der Waals surface area contributed by atoms with Gasteiger partial charge in [0, 0.05) is 19.0 Å². The number of hydrogen-bond acceptors (Lipinski definition) is 5. The van der Waals surface area contributed by atoms with E-state index in [9.17, 15) is 0 Å². The van der Waals surface area contributed by atoms with Gasteiger partial charge in [0.25, 0.3) is 0 Å². The number of nitrogens with zero attached hydrogens (tertiary/aromatic N) is 3. The maximum absolute atomic E-state index is 5.64. The first-order valence-electron chi connectivity index (χ1n) is 7.95. The molecule has 20 heavy (non-hydrogen) atoms. The third-order valence-electron chi connectivity index (χ3n) is 3.83. The highest BCUT2D eigenvalue weighted by Gasteiger charge is 2.23. The second-order valence-corrected chi connectivity index (χ2v) is 6.12. The SMILES string of the molecule is CCc1nnc(CN2CCCCC2CNCC(C)C)o1. The molecule has 0 saturated carbocycles. The second kappa shape index (κ2) is 7.74. The van der Waals surface area contributed by atoms with Crippen LogP contribution in [0.5, 0.6) is 0 Å². The smallest absolute Gasteiger partial charge is 0.230 e. The fraction of sp³-hybridized carbons (Fsp3) is 0.867. The zero-order chi connectivity index (χ0) is 14.4. The number of nitrogens with one attached hydrogen (secondary N) is 1. The summed E-state index contributed by atoms with van der Waals surface area (Å²) in [5, 5.41) is 11.8. The van der Waals surface area contributed by atoms with Gasteiger partial charge in [0.1, 0.15) is 0 Å². The molecule has 2 heterocycles. The largest absolute Gasteiger partial charge is 0.424 e. The van der Waals surface area contributed by atoms with Gasteiger partial charge in [0.05, 0.1) is 6.54 Å². The minimum atomic E-state index is 0.597. The van der Waals surface area contributed by atoms with Crippen LogP contribution in [-0.4, -0.2) is 40.8 Å². The van der Waals surface area contributed by atoms with Gasteiger partial charge in [-0.2, -0.15) is 0 Å². The average Bonchev–Trinajstić information content (AvgIpc) is 2.88. The molecular weight excluding hydrogens is 252 g/mol. The molecule has 1 N–H and O–H groups in total. The molecule has 1 saturated heterocycles. The Kier molecular flexibility index (Phi) is 5.98. The Balaban J connectivity index is 1.85. The van der Waals surface area contributed by atoms with Crippen molar-refractivity contribution in [2.75, 3.05) is 19.6 Å². The quantitative estimate of drug-likeness (QED) is 0.830. The fourth-order valence-corrected chi connectivity index (χ4v) is 2.71. The molecule has 0 aromatic carbocycles. The molecule has 1 unspecified atom stereocenters. The van der Waals surface area contributed by atoms with E-state index in [-0.39, 0.29) is 0 Å². The molecule has 5 nitrogen and oxygen atoms in total. The maximum atomic E-state index is 5.64. The van der Waals surface area contributed by atoms with Crippen LogP contribution in [0.4, 0.5) is 0 Å². The van der Waals surface area contributed by atoms with Crippen LogP contribution in [0.2, 0.25) is 0 Å². The molecule has 0 aliphatic carbocycles. The lowest BCUT2D eigenvalue weighted by molar-refractivity contribution is 0.124. The average molecular weight is 280 g/mol. The molecule has 0 bridgehead atoms. The summed E-state index contributed by atoms with van der Waals surface area (Å²) in [6, 6.07) is 0.597. The summed E-state index contributed by atoms with van der Waals surface area (Å²) < 4.78 is 5.64. The number of hydrogen-bond donors (Lipinski definition) is 1. The van der Waals surface area contributed by atoms with Crippen molar-refractivity contribution in [2.24, 2.45) is 5.92 Å². The molecule has 1 aromatic heterocycles. The summed E-state index contributed by atoms with van der Waals surface area (Å²) in [5.74, 6) is 2.21. The Morgan fingerprint density at radius 2 is 2.10 bits per heavy atom. The van der Waals surface area contributed by atoms with Gasteiger partial charge in [-0.15, -0.1) is 10.2 Å². The summed E-state index contributed by atoms with van der Waals surface area (Å²) in [4.78, 5) is 2.49. The number of rotatable bonds is 7. The standard InChI is InChI=1S/C15H28N4O/c1-4-14-17-18-15(20-14)11-19-8-6-5-7-13(19)10-16-9-12(2)3/h12-13,16H,4-11H2,1-3H3. The van der Waals surface area contributed by atoms with Gasteiger partial charge in [0.15, 0.2) is 0 Å². The number of likely N-dealkylation sites (tertiary alicyclic amines) is 1. The fourth-order valence-electron chi connectivity index (χ4n) is 2.71. The molecule has 0 spiro atoms. The molecule has 1 fully saturated rings. The highest BCUT2D eigenvalue weighted by Crippen LogP contribution is 2.19. The van der Waals surface area contributed by atoms with Gasteiger partial charge in [0.2, 0.25) is 11.8 Å². The lowest BCUT2D eigenvalue weighted by Gasteiger charge is -2.35. The number of piperidine rings is 1. The Morgan fingerprint density at radius 3 is 2.80 bits per heavy atom. The number of aryl methyl sites for hydroxylation is 1. The minimum absolute atomic E-state index is 0.597. The normalized spacial score (nSPS) is 20.7. The van der Waals surface area contributed by atoms with Gasteiger partial charge in [-0.25, -0.2) is 0 Å². The maximum Gasteiger partial charge on any atom is 0.230 e. The first-order valence-corrected chi connectivity index (χ1v) is 7.95. The van der Waals surface area contributed by atoms with E-state index < -0.39 is 0 Å². The number of aromatic nitrogens is 2. The van der Waals surface area contributed by atoms with E-state index in [0.29, 0.717) is 12.0 Å². The molecule has 1 atom stereocenters. The van der Waals surface area contributed by atoms with E-state index in [4.69, 9.17) is 4.42 Å². The highest BCUT2D eigenvalue weighted by molar-refractivity contribution is 4.86. The lowest BCUT2D eigenvalue weighted by atomic mass is 10.0. The van der Waals surface area contributed by atoms with Gasteiger partial charge < -0.3 is 9.73 Å². The summed E-state index contributed by atoms with van der Waals surface area (Å²) in [5.41, 5.74) is 0. The molecule has 1 aliphatic heterocycles. The van der Waals surface area contributed by atoms with Crippen LogP contribution in [0.1, 0.15) is 51.8 Å². The zero-order valence-electron chi connectivity index (χ0n) is 13.1. The van der Waals surface area contributed by atoms with Crippen LogP contribution in [0.15, 0.2) is 4.42 Å². The van der Waals surface area contributed by atoms with Crippen LogP contribution in [-0.2, 0) is 13.0 Å². The van der Waals surface area contributed by atoms with E-state index in [1.807, 2.05) is 6.92 Å².